The van der Waals surface area contributed by atoms with Crippen LogP contribution in [0.25, 0.3) is 0 Å². The van der Waals surface area contributed by atoms with Crippen molar-refractivity contribution in [2.45, 2.75) is 13.3 Å². The Kier molecular flexibility index (Phi) is 2.74. The van der Waals surface area contributed by atoms with Gasteiger partial charge in [0.2, 0.25) is 0 Å². The van der Waals surface area contributed by atoms with Gasteiger partial charge in [-0.15, -0.1) is 0 Å². The lowest BCUT2D eigenvalue weighted by Crippen LogP contribution is -2.03. The van der Waals surface area contributed by atoms with E-state index in [1.54, 1.807) is 6.92 Å². The molecule has 0 saturated carbocycles. The number of pyridine rings is 1. The van der Waals surface area contributed by atoms with E-state index in [2.05, 4.69) is 4.98 Å². The van der Waals surface area contributed by atoms with Crippen molar-refractivity contribution >= 4 is 11.8 Å². The van der Waals surface area contributed by atoms with Gasteiger partial charge in [-0.3, -0.25) is 9.78 Å². The number of carboxylic acids is 1. The maximum Gasteiger partial charge on any atom is 0.337 e. The first-order chi connectivity index (χ1) is 6.15. The molecule has 0 aliphatic rings. The molecule has 1 aromatic heterocycles. The van der Waals surface area contributed by atoms with Crippen LogP contribution < -0.4 is 0 Å². The molecule has 1 N–H and O–H groups in total. The number of hydrogen-bond acceptors (Lipinski definition) is 3. The van der Waals surface area contributed by atoms with Crippen molar-refractivity contribution in [2.75, 3.05) is 0 Å². The van der Waals surface area contributed by atoms with Gasteiger partial charge in [0.25, 0.3) is 0 Å². The van der Waals surface area contributed by atoms with Crippen molar-refractivity contribution in [1.82, 2.24) is 4.98 Å². The number of aromatic carboxylic acids is 1. The van der Waals surface area contributed by atoms with Crippen LogP contribution >= 0.6 is 0 Å². The molecule has 0 fully saturated rings. The largest absolute Gasteiger partial charge is 0.478 e. The summed E-state index contributed by atoms with van der Waals surface area (Å²) in [4.78, 5) is 25.3. The molecule has 1 rings (SSSR count). The highest BCUT2D eigenvalue weighted by Crippen LogP contribution is 2.02. The third kappa shape index (κ3) is 2.11. The first kappa shape index (κ1) is 9.38. The molecule has 0 radical (unpaired) electrons. The highest BCUT2D eigenvalue weighted by molar-refractivity contribution is 5.95. The Hall–Kier alpha value is -1.71. The van der Waals surface area contributed by atoms with E-state index in [9.17, 15) is 9.59 Å². The molecule has 68 valence electrons. The van der Waals surface area contributed by atoms with Crippen molar-refractivity contribution < 1.29 is 14.7 Å². The molecular weight excluding hydrogens is 170 g/mol. The standard InChI is InChI=1S/C9H9NO3/c1-2-8(11)7-4-3-6(5-10-7)9(12)13/h3-5H,2H2,1H3,(H,12,13). The fourth-order valence-corrected chi connectivity index (χ4v) is 0.866. The van der Waals surface area contributed by atoms with Crippen molar-refractivity contribution in [3.63, 3.8) is 0 Å². The van der Waals surface area contributed by atoms with Gasteiger partial charge in [-0.25, -0.2) is 4.79 Å². The quantitative estimate of drug-likeness (QED) is 0.711. The summed E-state index contributed by atoms with van der Waals surface area (Å²) in [6.45, 7) is 1.73. The van der Waals surface area contributed by atoms with E-state index in [-0.39, 0.29) is 11.3 Å². The average molecular weight is 179 g/mol. The Labute approximate surface area is 75.2 Å². The Bertz CT molecular complexity index is 329. The van der Waals surface area contributed by atoms with E-state index in [0.717, 1.165) is 0 Å². The first-order valence-electron chi connectivity index (χ1n) is 3.87. The van der Waals surface area contributed by atoms with Crippen LogP contribution in [0.4, 0.5) is 0 Å². The predicted octanol–water partition coefficient (Wildman–Crippen LogP) is 1.37. The lowest BCUT2D eigenvalue weighted by Gasteiger charge is -1.96. The summed E-state index contributed by atoms with van der Waals surface area (Å²) >= 11 is 0. The Morgan fingerprint density at radius 3 is 2.54 bits per heavy atom. The van der Waals surface area contributed by atoms with Crippen molar-refractivity contribution in [2.24, 2.45) is 0 Å². The SMILES string of the molecule is CCC(=O)c1ccc(C(=O)O)cn1. The molecule has 4 nitrogen and oxygen atoms in total. The summed E-state index contributed by atoms with van der Waals surface area (Å²) in [5.41, 5.74) is 0.403. The number of aromatic nitrogens is 1. The molecule has 0 aromatic carbocycles. The van der Waals surface area contributed by atoms with E-state index in [4.69, 9.17) is 5.11 Å². The van der Waals surface area contributed by atoms with Crippen molar-refractivity contribution in [3.05, 3.63) is 29.6 Å². The van der Waals surface area contributed by atoms with Gasteiger partial charge >= 0.3 is 5.97 Å². The van der Waals surface area contributed by atoms with Gasteiger partial charge < -0.3 is 5.11 Å². The van der Waals surface area contributed by atoms with Crippen LogP contribution in [0.1, 0.15) is 34.2 Å². The summed E-state index contributed by atoms with van der Waals surface area (Å²) in [6.07, 6.45) is 1.56. The summed E-state index contributed by atoms with van der Waals surface area (Å²) < 4.78 is 0. The third-order valence-electron chi connectivity index (χ3n) is 1.62. The molecule has 13 heavy (non-hydrogen) atoms. The summed E-state index contributed by atoms with van der Waals surface area (Å²) in [7, 11) is 0. The number of carbonyl (C=O) groups excluding carboxylic acids is 1. The van der Waals surface area contributed by atoms with Crippen LogP contribution in [0.15, 0.2) is 18.3 Å². The maximum absolute atomic E-state index is 11.1. The molecule has 0 bridgehead atoms. The maximum atomic E-state index is 11.1. The number of ketones is 1. The van der Waals surface area contributed by atoms with E-state index in [0.29, 0.717) is 12.1 Å². The number of Topliss-reactive ketones (excluding diaryl/α,β-unsaturated/α-hetero) is 1. The number of carboxylic acid groups (broad SMARTS) is 1. The first-order valence-corrected chi connectivity index (χ1v) is 3.87. The predicted molar refractivity (Wildman–Crippen MR) is 45.8 cm³/mol. The highest BCUT2D eigenvalue weighted by Gasteiger charge is 2.06. The molecular formula is C9H9NO3. The van der Waals surface area contributed by atoms with Crippen LogP contribution in [-0.4, -0.2) is 21.8 Å². The van der Waals surface area contributed by atoms with Gasteiger partial charge in [0.1, 0.15) is 5.69 Å². The van der Waals surface area contributed by atoms with Gasteiger partial charge in [-0.2, -0.15) is 0 Å². The fourth-order valence-electron chi connectivity index (χ4n) is 0.866. The van der Waals surface area contributed by atoms with E-state index in [1.165, 1.54) is 18.3 Å². The van der Waals surface area contributed by atoms with Crippen molar-refractivity contribution in [1.29, 1.82) is 0 Å². The number of nitrogens with zero attached hydrogens (tertiary/aromatic N) is 1. The van der Waals surface area contributed by atoms with Gasteiger partial charge in [-0.1, -0.05) is 6.92 Å². The van der Waals surface area contributed by atoms with Crippen molar-refractivity contribution in [3.8, 4) is 0 Å². The van der Waals surface area contributed by atoms with E-state index in [1.807, 2.05) is 0 Å². The lowest BCUT2D eigenvalue weighted by atomic mass is 10.2. The van der Waals surface area contributed by atoms with Gasteiger partial charge in [0.05, 0.1) is 5.56 Å². The van der Waals surface area contributed by atoms with Crippen LogP contribution in [-0.2, 0) is 0 Å². The van der Waals surface area contributed by atoms with Gasteiger partial charge in [0.15, 0.2) is 5.78 Å². The van der Waals surface area contributed by atoms with E-state index < -0.39 is 5.97 Å². The summed E-state index contributed by atoms with van der Waals surface area (Å²) in [5, 5.41) is 8.55. The Morgan fingerprint density at radius 2 is 2.15 bits per heavy atom. The second-order valence-electron chi connectivity index (χ2n) is 2.51. The number of carbonyl (C=O) groups is 2. The smallest absolute Gasteiger partial charge is 0.337 e. The topological polar surface area (TPSA) is 67.3 Å². The monoisotopic (exact) mass is 179 g/mol. The second kappa shape index (κ2) is 3.80. The fraction of sp³-hybridized carbons (Fsp3) is 0.222. The molecule has 0 unspecified atom stereocenters. The zero-order valence-corrected chi connectivity index (χ0v) is 7.15. The van der Waals surface area contributed by atoms with Crippen LogP contribution in [0.2, 0.25) is 0 Å². The average Bonchev–Trinajstić information content (AvgIpc) is 2.17. The zero-order chi connectivity index (χ0) is 9.84. The van der Waals surface area contributed by atoms with Gasteiger partial charge in [0, 0.05) is 12.6 Å². The molecule has 4 heteroatoms. The lowest BCUT2D eigenvalue weighted by molar-refractivity contribution is 0.0695. The minimum absolute atomic E-state index is 0.0862. The third-order valence-corrected chi connectivity index (χ3v) is 1.62. The molecule has 0 atom stereocenters. The normalized spacial score (nSPS) is 9.62. The van der Waals surface area contributed by atoms with Crippen LogP contribution in [0, 0.1) is 0 Å². The molecule has 1 aromatic rings. The molecule has 0 aliphatic heterocycles. The molecule has 0 amide bonds. The minimum atomic E-state index is -1.04. The number of rotatable bonds is 3. The molecule has 0 spiro atoms. The second-order valence-corrected chi connectivity index (χ2v) is 2.51. The molecule has 1 heterocycles. The zero-order valence-electron chi connectivity index (χ0n) is 7.15. The highest BCUT2D eigenvalue weighted by atomic mass is 16.4. The van der Waals surface area contributed by atoms with E-state index >= 15 is 0 Å². The van der Waals surface area contributed by atoms with Crippen LogP contribution in [0.5, 0.6) is 0 Å². The minimum Gasteiger partial charge on any atom is -0.478 e. The summed E-state index contributed by atoms with van der Waals surface area (Å²) in [5.74, 6) is -1.13. The van der Waals surface area contributed by atoms with Gasteiger partial charge in [-0.05, 0) is 12.1 Å². The molecule has 0 saturated heterocycles. The van der Waals surface area contributed by atoms with Crippen LogP contribution in [0.3, 0.4) is 0 Å². The number of hydrogen-bond donors (Lipinski definition) is 1. The Morgan fingerprint density at radius 1 is 1.46 bits per heavy atom. The Balaban J connectivity index is 2.93. The summed E-state index contributed by atoms with van der Waals surface area (Å²) in [6, 6.07) is 2.80. The molecule has 0 aliphatic carbocycles.